The number of carbonyl (C=O) groups is 1. The first kappa shape index (κ1) is 17.3. The van der Waals surface area contributed by atoms with E-state index in [0.717, 1.165) is 5.56 Å². The molecule has 1 aliphatic heterocycles. The zero-order valence-electron chi connectivity index (χ0n) is 14.6. The number of hydrogen-bond donors (Lipinski definition) is 1. The van der Waals surface area contributed by atoms with Gasteiger partial charge in [0.1, 0.15) is 11.5 Å². The number of aromatic nitrogens is 4. The second-order valence-corrected chi connectivity index (χ2v) is 6.30. The van der Waals surface area contributed by atoms with Gasteiger partial charge >= 0.3 is 0 Å². The number of nitrogens with zero attached hydrogens (tertiary/aromatic N) is 4. The fourth-order valence-electron chi connectivity index (χ4n) is 3.15. The molecule has 1 saturated heterocycles. The number of hydrogen-bond acceptors (Lipinski definition) is 6. The Morgan fingerprint density at radius 1 is 1.41 bits per heavy atom. The number of amides is 1. The van der Waals surface area contributed by atoms with Crippen molar-refractivity contribution in [3.05, 3.63) is 59.8 Å². The quantitative estimate of drug-likeness (QED) is 0.738. The zero-order chi connectivity index (χ0) is 18.8. The first-order valence-corrected chi connectivity index (χ1v) is 8.60. The van der Waals surface area contributed by atoms with E-state index in [2.05, 4.69) is 20.6 Å². The Morgan fingerprint density at radius 3 is 3.04 bits per heavy atom. The lowest BCUT2D eigenvalue weighted by Crippen LogP contribution is -2.32. The predicted octanol–water partition coefficient (Wildman–Crippen LogP) is 2.10. The van der Waals surface area contributed by atoms with E-state index in [1.54, 1.807) is 37.5 Å². The Balaban J connectivity index is 1.47. The molecule has 4 rings (SSSR count). The summed E-state index contributed by atoms with van der Waals surface area (Å²) in [5, 5.41) is 10.8. The lowest BCUT2D eigenvalue weighted by molar-refractivity contribution is -0.127. The van der Waals surface area contributed by atoms with Gasteiger partial charge in [-0.25, -0.2) is 9.07 Å². The van der Waals surface area contributed by atoms with Crippen molar-refractivity contribution in [2.24, 2.45) is 5.92 Å². The summed E-state index contributed by atoms with van der Waals surface area (Å²) in [6.07, 6.45) is 3.45. The number of ether oxygens (including phenoxy) is 1. The molecule has 0 saturated carbocycles. The van der Waals surface area contributed by atoms with Gasteiger partial charge in [0, 0.05) is 25.3 Å². The van der Waals surface area contributed by atoms with Crippen molar-refractivity contribution in [3.63, 3.8) is 0 Å². The molecule has 3 aromatic rings. The van der Waals surface area contributed by atoms with Crippen LogP contribution in [0.1, 0.15) is 29.8 Å². The van der Waals surface area contributed by atoms with Crippen LogP contribution in [0.4, 0.5) is 4.39 Å². The third-order valence-corrected chi connectivity index (χ3v) is 4.45. The largest absolute Gasteiger partial charge is 0.373 e. The molecule has 140 valence electrons. The molecular weight excluding hydrogens is 353 g/mol. The van der Waals surface area contributed by atoms with Gasteiger partial charge in [0.05, 0.1) is 24.8 Å². The Kier molecular flexibility index (Phi) is 4.68. The smallest absolute Gasteiger partial charge is 0.226 e. The number of aryl methyl sites for hydroxylation is 1. The topological polar surface area (TPSA) is 95.1 Å². The van der Waals surface area contributed by atoms with Crippen LogP contribution >= 0.6 is 0 Å². The summed E-state index contributed by atoms with van der Waals surface area (Å²) in [7, 11) is 0. The Morgan fingerprint density at radius 2 is 2.26 bits per heavy atom. The van der Waals surface area contributed by atoms with Gasteiger partial charge < -0.3 is 14.6 Å². The van der Waals surface area contributed by atoms with E-state index in [-0.39, 0.29) is 24.2 Å². The molecule has 1 aromatic carbocycles. The van der Waals surface area contributed by atoms with Crippen molar-refractivity contribution in [2.45, 2.75) is 26.0 Å². The molecular formula is C18H18FN5O3. The van der Waals surface area contributed by atoms with Crippen LogP contribution in [0, 0.1) is 18.7 Å². The summed E-state index contributed by atoms with van der Waals surface area (Å²) in [4.78, 5) is 16.6. The Labute approximate surface area is 154 Å². The summed E-state index contributed by atoms with van der Waals surface area (Å²) in [5.74, 6) is -0.0235. The fraction of sp³-hybridized carbons (Fsp3) is 0.333. The highest BCUT2D eigenvalue weighted by Gasteiger charge is 2.36. The average molecular weight is 371 g/mol. The van der Waals surface area contributed by atoms with Gasteiger partial charge in [0.25, 0.3) is 0 Å². The molecule has 8 nitrogen and oxygen atoms in total. The van der Waals surface area contributed by atoms with Crippen LogP contribution in [0.15, 0.2) is 41.2 Å². The molecule has 0 radical (unpaired) electrons. The molecule has 9 heteroatoms. The molecule has 0 aliphatic carbocycles. The second-order valence-electron chi connectivity index (χ2n) is 6.30. The van der Waals surface area contributed by atoms with Gasteiger partial charge in [-0.3, -0.25) is 4.79 Å². The maximum atomic E-state index is 14.0. The van der Waals surface area contributed by atoms with Crippen molar-refractivity contribution < 1.29 is 18.4 Å². The van der Waals surface area contributed by atoms with Gasteiger partial charge in [0.15, 0.2) is 5.82 Å². The normalized spacial score (nSPS) is 19.3. The standard InChI is InChI=1S/C18H18FN5O3/c1-11-22-16(23-27-11)9-20-18(25)13-6-7-26-17(13)12-8-21-24(10-12)15-5-3-2-4-14(15)19/h2-5,8,10,13,17H,6-7,9H2,1H3,(H,20,25)/t13-,17+/m0/s1. The fourth-order valence-corrected chi connectivity index (χ4v) is 3.15. The lowest BCUT2D eigenvalue weighted by atomic mass is 9.96. The molecule has 3 heterocycles. The SMILES string of the molecule is Cc1nc(CNC(=O)[C@H]2CCO[C@@H]2c2cnn(-c3ccccc3F)c2)no1. The number of benzene rings is 1. The van der Waals surface area contributed by atoms with E-state index in [4.69, 9.17) is 9.26 Å². The molecule has 0 unspecified atom stereocenters. The van der Waals surface area contributed by atoms with E-state index in [1.165, 1.54) is 10.7 Å². The third-order valence-electron chi connectivity index (χ3n) is 4.45. The minimum absolute atomic E-state index is 0.154. The van der Waals surface area contributed by atoms with Gasteiger partial charge in [-0.1, -0.05) is 17.3 Å². The maximum Gasteiger partial charge on any atom is 0.226 e. The summed E-state index contributed by atoms with van der Waals surface area (Å²) < 4.78 is 26.0. The lowest BCUT2D eigenvalue weighted by Gasteiger charge is -2.16. The van der Waals surface area contributed by atoms with Crippen LogP contribution in [0.5, 0.6) is 0 Å². The van der Waals surface area contributed by atoms with E-state index < -0.39 is 6.10 Å². The maximum absolute atomic E-state index is 14.0. The molecule has 1 amide bonds. The average Bonchev–Trinajstić information content (AvgIpc) is 3.40. The van der Waals surface area contributed by atoms with Crippen molar-refractivity contribution in [3.8, 4) is 5.69 Å². The predicted molar refractivity (Wildman–Crippen MR) is 91.2 cm³/mol. The Hall–Kier alpha value is -3.07. The molecule has 0 spiro atoms. The molecule has 2 atom stereocenters. The summed E-state index contributed by atoms with van der Waals surface area (Å²) in [6.45, 7) is 2.34. The monoisotopic (exact) mass is 371 g/mol. The third kappa shape index (κ3) is 3.59. The van der Waals surface area contributed by atoms with E-state index in [0.29, 0.717) is 30.4 Å². The molecule has 27 heavy (non-hydrogen) atoms. The van der Waals surface area contributed by atoms with Crippen molar-refractivity contribution >= 4 is 5.91 Å². The summed E-state index contributed by atoms with van der Waals surface area (Å²) in [5.41, 5.74) is 1.07. The van der Waals surface area contributed by atoms with E-state index in [1.807, 2.05) is 0 Å². The highest BCUT2D eigenvalue weighted by molar-refractivity contribution is 5.79. The number of carbonyl (C=O) groups excluding carboxylic acids is 1. The van der Waals surface area contributed by atoms with Crippen LogP contribution in [0.2, 0.25) is 0 Å². The minimum Gasteiger partial charge on any atom is -0.373 e. The molecule has 1 N–H and O–H groups in total. The molecule has 1 fully saturated rings. The highest BCUT2D eigenvalue weighted by Crippen LogP contribution is 2.35. The van der Waals surface area contributed by atoms with Crippen LogP contribution in [0.25, 0.3) is 5.69 Å². The number of halogens is 1. The minimum atomic E-state index is -0.433. The zero-order valence-corrected chi connectivity index (χ0v) is 14.6. The van der Waals surface area contributed by atoms with Crippen LogP contribution in [-0.4, -0.2) is 32.4 Å². The Bertz CT molecular complexity index is 954. The number of rotatable bonds is 5. The highest BCUT2D eigenvalue weighted by atomic mass is 19.1. The van der Waals surface area contributed by atoms with Crippen LogP contribution < -0.4 is 5.32 Å². The van der Waals surface area contributed by atoms with E-state index in [9.17, 15) is 9.18 Å². The number of para-hydroxylation sites is 1. The molecule has 1 aliphatic rings. The first-order chi connectivity index (χ1) is 13.1. The summed E-state index contributed by atoms with van der Waals surface area (Å²) >= 11 is 0. The molecule has 2 aromatic heterocycles. The van der Waals surface area contributed by atoms with Crippen molar-refractivity contribution in [1.29, 1.82) is 0 Å². The van der Waals surface area contributed by atoms with Gasteiger partial charge in [-0.2, -0.15) is 10.1 Å². The van der Waals surface area contributed by atoms with Crippen molar-refractivity contribution in [1.82, 2.24) is 25.2 Å². The van der Waals surface area contributed by atoms with Gasteiger partial charge in [-0.15, -0.1) is 0 Å². The second kappa shape index (κ2) is 7.28. The van der Waals surface area contributed by atoms with Gasteiger partial charge in [-0.05, 0) is 18.6 Å². The van der Waals surface area contributed by atoms with Crippen LogP contribution in [0.3, 0.4) is 0 Å². The number of nitrogens with one attached hydrogen (secondary N) is 1. The van der Waals surface area contributed by atoms with Gasteiger partial charge in [0.2, 0.25) is 11.8 Å². The van der Waals surface area contributed by atoms with Crippen LogP contribution in [-0.2, 0) is 16.1 Å². The van der Waals surface area contributed by atoms with Crippen molar-refractivity contribution in [2.75, 3.05) is 6.61 Å². The molecule has 0 bridgehead atoms. The first-order valence-electron chi connectivity index (χ1n) is 8.60. The summed E-state index contributed by atoms with van der Waals surface area (Å²) in [6, 6.07) is 6.37. The van der Waals surface area contributed by atoms with E-state index >= 15 is 0 Å².